The Hall–Kier alpha value is -1.10. The van der Waals surface area contributed by atoms with Crippen LogP contribution in [0.25, 0.3) is 0 Å². The Morgan fingerprint density at radius 1 is 1.35 bits per heavy atom. The van der Waals surface area contributed by atoms with E-state index in [1.54, 1.807) is 12.1 Å². The number of hydrogen-bond donors (Lipinski definition) is 2. The molecule has 0 aromatic heterocycles. The first-order valence-corrected chi connectivity index (χ1v) is 5.38. The van der Waals surface area contributed by atoms with Crippen LogP contribution in [0.4, 0.5) is 0 Å². The molecular formula is C12H16ClNO3. The molecular weight excluding hydrogens is 242 g/mol. The van der Waals surface area contributed by atoms with Gasteiger partial charge in [0.2, 0.25) is 0 Å². The number of aromatic carboxylic acids is 1. The van der Waals surface area contributed by atoms with Gasteiger partial charge in [-0.05, 0) is 24.1 Å². The lowest BCUT2D eigenvalue weighted by atomic mass is 10.1. The number of carboxylic acids is 1. The zero-order chi connectivity index (χ0) is 11.5. The molecule has 1 saturated heterocycles. The van der Waals surface area contributed by atoms with Crippen LogP contribution in [0.5, 0.6) is 0 Å². The lowest BCUT2D eigenvalue weighted by Crippen LogP contribution is -2.21. The van der Waals surface area contributed by atoms with Gasteiger partial charge in [0.05, 0.1) is 11.7 Å². The van der Waals surface area contributed by atoms with Crippen molar-refractivity contribution in [3.8, 4) is 0 Å². The molecule has 1 aliphatic rings. The highest BCUT2D eigenvalue weighted by Gasteiger charge is 2.19. The maximum atomic E-state index is 10.7. The van der Waals surface area contributed by atoms with Gasteiger partial charge in [0.1, 0.15) is 0 Å². The molecule has 0 amide bonds. The third-order valence-electron chi connectivity index (χ3n) is 2.85. The zero-order valence-corrected chi connectivity index (χ0v) is 10.2. The summed E-state index contributed by atoms with van der Waals surface area (Å²) in [6.07, 6.45) is 0.617. The molecule has 2 N–H and O–H groups in total. The maximum absolute atomic E-state index is 10.7. The Morgan fingerprint density at radius 2 is 2.00 bits per heavy atom. The van der Waals surface area contributed by atoms with Gasteiger partial charge in [-0.3, -0.25) is 4.90 Å². The van der Waals surface area contributed by atoms with Crippen LogP contribution in [0, 0.1) is 0 Å². The summed E-state index contributed by atoms with van der Waals surface area (Å²) in [5, 5.41) is 18.1. The minimum atomic E-state index is -0.900. The van der Waals surface area contributed by atoms with E-state index in [4.69, 9.17) is 5.11 Å². The topological polar surface area (TPSA) is 60.8 Å². The molecule has 5 heteroatoms. The predicted octanol–water partition coefficient (Wildman–Crippen LogP) is 1.37. The van der Waals surface area contributed by atoms with Crippen LogP contribution in [0.3, 0.4) is 0 Å². The number of aliphatic hydroxyl groups is 1. The van der Waals surface area contributed by atoms with E-state index in [9.17, 15) is 9.90 Å². The van der Waals surface area contributed by atoms with Gasteiger partial charge >= 0.3 is 5.97 Å². The van der Waals surface area contributed by atoms with E-state index in [-0.39, 0.29) is 18.5 Å². The van der Waals surface area contributed by atoms with E-state index < -0.39 is 5.97 Å². The SMILES string of the molecule is Cl.O=C(O)c1ccc(CN2CC[C@@H](O)C2)cc1. The first kappa shape index (κ1) is 14.0. The van der Waals surface area contributed by atoms with Gasteiger partial charge in [0, 0.05) is 19.6 Å². The second-order valence-electron chi connectivity index (χ2n) is 4.18. The second-order valence-corrected chi connectivity index (χ2v) is 4.18. The van der Waals surface area contributed by atoms with Crippen LogP contribution in [0.2, 0.25) is 0 Å². The highest BCUT2D eigenvalue weighted by molar-refractivity contribution is 5.87. The summed E-state index contributed by atoms with van der Waals surface area (Å²) >= 11 is 0. The number of rotatable bonds is 3. The number of β-amino-alcohol motifs (C(OH)–C–C–N with tert-alkyl or cyclic N) is 1. The van der Waals surface area contributed by atoms with E-state index in [0.717, 1.165) is 25.1 Å². The molecule has 1 heterocycles. The Bertz CT molecular complexity index is 380. The molecule has 0 bridgehead atoms. The summed E-state index contributed by atoms with van der Waals surface area (Å²) in [5.74, 6) is -0.900. The van der Waals surface area contributed by atoms with E-state index in [0.29, 0.717) is 12.1 Å². The van der Waals surface area contributed by atoms with Crippen LogP contribution < -0.4 is 0 Å². The fourth-order valence-corrected chi connectivity index (χ4v) is 1.97. The van der Waals surface area contributed by atoms with Crippen molar-refractivity contribution >= 4 is 18.4 Å². The Labute approximate surface area is 106 Å². The number of aliphatic hydroxyl groups excluding tert-OH is 1. The van der Waals surface area contributed by atoms with Crippen molar-refractivity contribution < 1.29 is 15.0 Å². The Morgan fingerprint density at radius 3 is 2.47 bits per heavy atom. The van der Waals surface area contributed by atoms with Crippen LogP contribution in [-0.2, 0) is 6.54 Å². The summed E-state index contributed by atoms with van der Waals surface area (Å²) in [5.41, 5.74) is 1.39. The second kappa shape index (κ2) is 6.00. The van der Waals surface area contributed by atoms with Crippen LogP contribution in [-0.4, -0.2) is 40.3 Å². The van der Waals surface area contributed by atoms with Gasteiger partial charge in [0.15, 0.2) is 0 Å². The van der Waals surface area contributed by atoms with E-state index in [2.05, 4.69) is 4.90 Å². The average Bonchev–Trinajstić information content (AvgIpc) is 2.65. The number of carbonyl (C=O) groups is 1. The summed E-state index contributed by atoms with van der Waals surface area (Å²) in [6.45, 7) is 2.39. The molecule has 0 aliphatic carbocycles. The van der Waals surface area contributed by atoms with Gasteiger partial charge < -0.3 is 10.2 Å². The first-order chi connectivity index (χ1) is 7.65. The maximum Gasteiger partial charge on any atom is 0.335 e. The number of carboxylic acid groups (broad SMARTS) is 1. The quantitative estimate of drug-likeness (QED) is 0.859. The molecule has 1 fully saturated rings. The molecule has 1 atom stereocenters. The molecule has 0 saturated carbocycles. The van der Waals surface area contributed by atoms with Crippen molar-refractivity contribution in [2.24, 2.45) is 0 Å². The van der Waals surface area contributed by atoms with Crippen LogP contribution in [0.1, 0.15) is 22.3 Å². The van der Waals surface area contributed by atoms with E-state index in [1.807, 2.05) is 12.1 Å². The lowest BCUT2D eigenvalue weighted by Gasteiger charge is -2.14. The molecule has 0 unspecified atom stereocenters. The summed E-state index contributed by atoms with van der Waals surface area (Å²) in [6, 6.07) is 6.89. The normalized spacial score (nSPS) is 19.9. The average molecular weight is 258 g/mol. The van der Waals surface area contributed by atoms with Gasteiger partial charge in [0.25, 0.3) is 0 Å². The summed E-state index contributed by atoms with van der Waals surface area (Å²) < 4.78 is 0. The molecule has 4 nitrogen and oxygen atoms in total. The Balaban J connectivity index is 0.00000144. The van der Waals surface area contributed by atoms with Gasteiger partial charge in [-0.15, -0.1) is 12.4 Å². The van der Waals surface area contributed by atoms with Crippen molar-refractivity contribution in [3.63, 3.8) is 0 Å². The standard InChI is InChI=1S/C12H15NO3.ClH/c14-11-5-6-13(8-11)7-9-1-3-10(4-2-9)12(15)16;/h1-4,11,14H,5-8H2,(H,15,16);1H/t11-;/m1./s1. The van der Waals surface area contributed by atoms with E-state index >= 15 is 0 Å². The molecule has 1 aromatic carbocycles. The third-order valence-corrected chi connectivity index (χ3v) is 2.85. The van der Waals surface area contributed by atoms with Crippen molar-refractivity contribution in [2.45, 2.75) is 19.1 Å². The van der Waals surface area contributed by atoms with Gasteiger partial charge in [-0.2, -0.15) is 0 Å². The lowest BCUT2D eigenvalue weighted by molar-refractivity contribution is 0.0697. The number of benzene rings is 1. The fraction of sp³-hybridized carbons (Fsp3) is 0.417. The molecule has 0 spiro atoms. The smallest absolute Gasteiger partial charge is 0.335 e. The minimum absolute atomic E-state index is 0. The zero-order valence-electron chi connectivity index (χ0n) is 9.37. The number of nitrogens with zero attached hydrogens (tertiary/aromatic N) is 1. The minimum Gasteiger partial charge on any atom is -0.478 e. The molecule has 1 aliphatic heterocycles. The highest BCUT2D eigenvalue weighted by atomic mass is 35.5. The monoisotopic (exact) mass is 257 g/mol. The molecule has 94 valence electrons. The van der Waals surface area contributed by atoms with Gasteiger partial charge in [-0.25, -0.2) is 4.79 Å². The molecule has 0 radical (unpaired) electrons. The largest absolute Gasteiger partial charge is 0.478 e. The number of hydrogen-bond acceptors (Lipinski definition) is 3. The van der Waals surface area contributed by atoms with Crippen LogP contribution in [0.15, 0.2) is 24.3 Å². The predicted molar refractivity (Wildman–Crippen MR) is 66.6 cm³/mol. The van der Waals surface area contributed by atoms with Crippen molar-refractivity contribution in [1.82, 2.24) is 4.90 Å². The third kappa shape index (κ3) is 3.70. The van der Waals surface area contributed by atoms with Crippen LogP contribution >= 0.6 is 12.4 Å². The Kier molecular flexibility index (Phi) is 4.93. The van der Waals surface area contributed by atoms with Crippen molar-refractivity contribution in [3.05, 3.63) is 35.4 Å². The summed E-state index contributed by atoms with van der Waals surface area (Å²) in [7, 11) is 0. The summed E-state index contributed by atoms with van der Waals surface area (Å²) in [4.78, 5) is 12.8. The molecule has 17 heavy (non-hydrogen) atoms. The molecule has 2 rings (SSSR count). The first-order valence-electron chi connectivity index (χ1n) is 5.38. The van der Waals surface area contributed by atoms with E-state index in [1.165, 1.54) is 0 Å². The van der Waals surface area contributed by atoms with Crippen molar-refractivity contribution in [1.29, 1.82) is 0 Å². The fourth-order valence-electron chi connectivity index (χ4n) is 1.97. The number of halogens is 1. The van der Waals surface area contributed by atoms with Gasteiger partial charge in [-0.1, -0.05) is 12.1 Å². The van der Waals surface area contributed by atoms with Crippen molar-refractivity contribution in [2.75, 3.05) is 13.1 Å². The highest BCUT2D eigenvalue weighted by Crippen LogP contribution is 2.13. The number of likely N-dealkylation sites (tertiary alicyclic amines) is 1. The molecule has 1 aromatic rings.